The highest BCUT2D eigenvalue weighted by atomic mass is 16.5. The lowest BCUT2D eigenvalue weighted by Crippen LogP contribution is -2.44. The standard InChI is InChI=1S/C20H17N5O3/c21-11-10-14-6-8-16(9-7-14)28-13-19(26)24-25-20(27)18-12-17(22-23-18)15-4-2-1-3-5-15/h1-9,12H,10,13H2,(H,22,23)(H,24,26)(H,25,27). The normalized spacial score (nSPS) is 9.96. The average molecular weight is 375 g/mol. The van der Waals surface area contributed by atoms with Gasteiger partial charge in [0, 0.05) is 5.56 Å². The fourth-order valence-corrected chi connectivity index (χ4v) is 2.37. The maximum Gasteiger partial charge on any atom is 0.287 e. The van der Waals surface area contributed by atoms with E-state index in [2.05, 4.69) is 27.1 Å². The molecule has 0 atom stereocenters. The van der Waals surface area contributed by atoms with Crippen molar-refractivity contribution < 1.29 is 14.3 Å². The molecule has 8 heteroatoms. The first-order valence-electron chi connectivity index (χ1n) is 8.44. The fourth-order valence-electron chi connectivity index (χ4n) is 2.37. The molecular weight excluding hydrogens is 358 g/mol. The van der Waals surface area contributed by atoms with Crippen molar-refractivity contribution in [3.63, 3.8) is 0 Å². The summed E-state index contributed by atoms with van der Waals surface area (Å²) >= 11 is 0. The van der Waals surface area contributed by atoms with E-state index in [9.17, 15) is 9.59 Å². The molecule has 0 spiro atoms. The number of hydrogen-bond acceptors (Lipinski definition) is 5. The Hall–Kier alpha value is -4.12. The van der Waals surface area contributed by atoms with Crippen molar-refractivity contribution in [2.24, 2.45) is 0 Å². The van der Waals surface area contributed by atoms with Crippen LogP contribution in [0.1, 0.15) is 16.1 Å². The van der Waals surface area contributed by atoms with Crippen LogP contribution in [-0.2, 0) is 11.2 Å². The molecule has 0 fully saturated rings. The van der Waals surface area contributed by atoms with Crippen molar-refractivity contribution in [3.8, 4) is 23.1 Å². The number of carbonyl (C=O) groups is 2. The zero-order chi connectivity index (χ0) is 19.8. The van der Waals surface area contributed by atoms with Gasteiger partial charge in [0.1, 0.15) is 11.4 Å². The van der Waals surface area contributed by atoms with E-state index in [0.29, 0.717) is 17.9 Å². The van der Waals surface area contributed by atoms with Gasteiger partial charge in [0.25, 0.3) is 11.8 Å². The van der Waals surface area contributed by atoms with Gasteiger partial charge in [-0.2, -0.15) is 10.4 Å². The predicted octanol–water partition coefficient (Wildman–Crippen LogP) is 1.98. The summed E-state index contributed by atoms with van der Waals surface area (Å²) < 4.78 is 5.33. The molecule has 140 valence electrons. The molecule has 3 rings (SSSR count). The van der Waals surface area contributed by atoms with Gasteiger partial charge in [-0.3, -0.25) is 25.5 Å². The van der Waals surface area contributed by atoms with E-state index in [4.69, 9.17) is 10.00 Å². The molecule has 3 N–H and O–H groups in total. The summed E-state index contributed by atoms with van der Waals surface area (Å²) in [6.45, 7) is -0.268. The van der Waals surface area contributed by atoms with Crippen molar-refractivity contribution >= 4 is 11.8 Å². The Morgan fingerprint density at radius 1 is 1.07 bits per heavy atom. The van der Waals surface area contributed by atoms with E-state index in [1.54, 1.807) is 30.3 Å². The lowest BCUT2D eigenvalue weighted by molar-refractivity contribution is -0.123. The maximum absolute atomic E-state index is 12.1. The van der Waals surface area contributed by atoms with Gasteiger partial charge in [-0.25, -0.2) is 0 Å². The van der Waals surface area contributed by atoms with E-state index in [-0.39, 0.29) is 12.3 Å². The van der Waals surface area contributed by atoms with Crippen LogP contribution in [0.25, 0.3) is 11.3 Å². The Morgan fingerprint density at radius 3 is 2.54 bits per heavy atom. The minimum Gasteiger partial charge on any atom is -0.484 e. The molecule has 0 aliphatic carbocycles. The molecule has 0 saturated carbocycles. The zero-order valence-electron chi connectivity index (χ0n) is 14.8. The number of aromatic amines is 1. The van der Waals surface area contributed by atoms with Crippen LogP contribution >= 0.6 is 0 Å². The van der Waals surface area contributed by atoms with Gasteiger partial charge in [0.15, 0.2) is 6.61 Å². The molecule has 3 aromatic rings. The molecule has 28 heavy (non-hydrogen) atoms. The first-order chi connectivity index (χ1) is 13.7. The minimum atomic E-state index is -0.524. The van der Waals surface area contributed by atoms with Gasteiger partial charge in [0.2, 0.25) is 0 Å². The molecule has 2 amide bonds. The first kappa shape index (κ1) is 18.7. The number of H-pyrrole nitrogens is 1. The topological polar surface area (TPSA) is 120 Å². The van der Waals surface area contributed by atoms with Gasteiger partial charge in [-0.1, -0.05) is 42.5 Å². The zero-order valence-corrected chi connectivity index (χ0v) is 14.8. The molecule has 8 nitrogen and oxygen atoms in total. The quantitative estimate of drug-likeness (QED) is 0.569. The van der Waals surface area contributed by atoms with Crippen molar-refractivity contribution in [2.75, 3.05) is 6.61 Å². The number of hydrogen-bond donors (Lipinski definition) is 3. The SMILES string of the molecule is N#CCc1ccc(OCC(=O)NNC(=O)c2cc(-c3ccccc3)n[nH]2)cc1. The summed E-state index contributed by atoms with van der Waals surface area (Å²) in [7, 11) is 0. The van der Waals surface area contributed by atoms with Gasteiger partial charge in [-0.15, -0.1) is 0 Å². The number of carbonyl (C=O) groups excluding carboxylic acids is 2. The van der Waals surface area contributed by atoms with Gasteiger partial charge < -0.3 is 4.74 Å². The van der Waals surface area contributed by atoms with E-state index in [0.717, 1.165) is 11.1 Å². The number of aromatic nitrogens is 2. The van der Waals surface area contributed by atoms with E-state index < -0.39 is 11.8 Å². The number of rotatable bonds is 6. The van der Waals surface area contributed by atoms with Crippen LogP contribution in [0, 0.1) is 11.3 Å². The summed E-state index contributed by atoms with van der Waals surface area (Å²) in [5.74, 6) is -0.551. The third-order valence-corrected chi connectivity index (χ3v) is 3.78. The molecule has 0 saturated heterocycles. The van der Waals surface area contributed by atoms with E-state index in [1.165, 1.54) is 0 Å². The predicted molar refractivity (Wildman–Crippen MR) is 101 cm³/mol. The third-order valence-electron chi connectivity index (χ3n) is 3.78. The summed E-state index contributed by atoms with van der Waals surface area (Å²) in [6, 6.07) is 19.9. The van der Waals surface area contributed by atoms with Crippen molar-refractivity contribution in [1.29, 1.82) is 5.26 Å². The van der Waals surface area contributed by atoms with Gasteiger partial charge in [0.05, 0.1) is 18.2 Å². The van der Waals surface area contributed by atoms with Crippen LogP contribution in [0.15, 0.2) is 60.7 Å². The van der Waals surface area contributed by atoms with Crippen LogP contribution < -0.4 is 15.6 Å². The number of benzene rings is 2. The molecule has 1 heterocycles. The highest BCUT2D eigenvalue weighted by Crippen LogP contribution is 2.16. The molecular formula is C20H17N5O3. The number of nitriles is 1. The Labute approximate surface area is 161 Å². The summed E-state index contributed by atoms with van der Waals surface area (Å²) in [6.07, 6.45) is 0.312. The molecule has 0 unspecified atom stereocenters. The second kappa shape index (κ2) is 9.00. The van der Waals surface area contributed by atoms with Crippen molar-refractivity contribution in [1.82, 2.24) is 21.0 Å². The maximum atomic E-state index is 12.1. The Balaban J connectivity index is 1.46. The highest BCUT2D eigenvalue weighted by Gasteiger charge is 2.12. The van der Waals surface area contributed by atoms with E-state index >= 15 is 0 Å². The van der Waals surface area contributed by atoms with Crippen LogP contribution in [0.2, 0.25) is 0 Å². The smallest absolute Gasteiger partial charge is 0.287 e. The van der Waals surface area contributed by atoms with E-state index in [1.807, 2.05) is 30.3 Å². The molecule has 1 aromatic heterocycles. The lowest BCUT2D eigenvalue weighted by Gasteiger charge is -2.08. The Morgan fingerprint density at radius 2 is 1.82 bits per heavy atom. The molecule has 2 aromatic carbocycles. The van der Waals surface area contributed by atoms with Crippen LogP contribution in [-0.4, -0.2) is 28.6 Å². The van der Waals surface area contributed by atoms with Crippen molar-refractivity contribution in [3.05, 3.63) is 71.9 Å². The second-order valence-corrected chi connectivity index (χ2v) is 5.80. The monoisotopic (exact) mass is 375 g/mol. The average Bonchev–Trinajstić information content (AvgIpc) is 3.23. The van der Waals surface area contributed by atoms with Gasteiger partial charge in [-0.05, 0) is 23.8 Å². The lowest BCUT2D eigenvalue weighted by atomic mass is 10.1. The molecule has 0 bridgehead atoms. The Kier molecular flexibility index (Phi) is 6.00. The highest BCUT2D eigenvalue weighted by molar-refractivity contribution is 5.94. The number of hydrazine groups is 1. The summed E-state index contributed by atoms with van der Waals surface area (Å²) in [5.41, 5.74) is 7.15. The minimum absolute atomic E-state index is 0.216. The largest absolute Gasteiger partial charge is 0.484 e. The molecule has 0 radical (unpaired) electrons. The van der Waals surface area contributed by atoms with Crippen LogP contribution in [0.4, 0.5) is 0 Å². The number of nitrogens with zero attached hydrogens (tertiary/aromatic N) is 2. The van der Waals surface area contributed by atoms with Crippen LogP contribution in [0.5, 0.6) is 5.75 Å². The summed E-state index contributed by atoms with van der Waals surface area (Å²) in [4.78, 5) is 23.9. The third kappa shape index (κ3) is 4.95. The molecule has 0 aliphatic heterocycles. The number of amides is 2. The first-order valence-corrected chi connectivity index (χ1v) is 8.44. The summed E-state index contributed by atoms with van der Waals surface area (Å²) in [5, 5.41) is 15.4. The molecule has 0 aliphatic rings. The fraction of sp³-hybridized carbons (Fsp3) is 0.100. The van der Waals surface area contributed by atoms with Crippen molar-refractivity contribution in [2.45, 2.75) is 6.42 Å². The van der Waals surface area contributed by atoms with Crippen LogP contribution in [0.3, 0.4) is 0 Å². The number of nitrogens with one attached hydrogen (secondary N) is 3. The Bertz CT molecular complexity index is 991. The second-order valence-electron chi connectivity index (χ2n) is 5.80. The number of ether oxygens (including phenoxy) is 1. The van der Waals surface area contributed by atoms with Gasteiger partial charge >= 0.3 is 0 Å².